The first kappa shape index (κ1) is 20.1. The van der Waals surface area contributed by atoms with Crippen LogP contribution < -0.4 is 4.74 Å². The third kappa shape index (κ3) is 4.43. The minimum atomic E-state index is -3.51. The molecule has 2 aromatic rings. The van der Waals surface area contributed by atoms with Crippen molar-refractivity contribution in [1.29, 1.82) is 0 Å². The van der Waals surface area contributed by atoms with Crippen molar-refractivity contribution in [3.05, 3.63) is 59.7 Å². The van der Waals surface area contributed by atoms with Gasteiger partial charge in [0, 0.05) is 18.7 Å². The van der Waals surface area contributed by atoms with Crippen LogP contribution in [0, 0.1) is 0 Å². The van der Waals surface area contributed by atoms with Gasteiger partial charge in [0.25, 0.3) is 0 Å². The van der Waals surface area contributed by atoms with Gasteiger partial charge in [-0.05, 0) is 60.9 Å². The van der Waals surface area contributed by atoms with E-state index in [0.29, 0.717) is 30.0 Å². The highest BCUT2D eigenvalue weighted by molar-refractivity contribution is 7.89. The molecule has 0 aromatic heterocycles. The number of methoxy groups -OCH3 is 1. The maximum absolute atomic E-state index is 12.7. The Kier molecular flexibility index (Phi) is 6.16. The molecule has 0 bridgehead atoms. The van der Waals surface area contributed by atoms with Crippen LogP contribution in [0.5, 0.6) is 11.5 Å². The van der Waals surface area contributed by atoms with E-state index in [9.17, 15) is 18.3 Å². The molecule has 1 aliphatic rings. The van der Waals surface area contributed by atoms with Crippen molar-refractivity contribution in [3.63, 3.8) is 0 Å². The summed E-state index contributed by atoms with van der Waals surface area (Å²) >= 11 is 0. The number of phenols is 1. The van der Waals surface area contributed by atoms with Crippen molar-refractivity contribution in [2.75, 3.05) is 20.2 Å². The lowest BCUT2D eigenvalue weighted by molar-refractivity contribution is 0.104. The van der Waals surface area contributed by atoms with E-state index in [2.05, 4.69) is 0 Å². The molecule has 0 atom stereocenters. The fourth-order valence-corrected chi connectivity index (χ4v) is 4.64. The van der Waals surface area contributed by atoms with Crippen LogP contribution in [-0.4, -0.2) is 43.8 Å². The molecule has 7 heteroatoms. The standard InChI is InChI=1S/C21H23NO5S/c1-27-21-12-6-16(15-20(21)24)5-11-19(23)17-7-9-18(10-8-17)28(25,26)22-13-3-2-4-14-22/h5-12,15,24H,2-4,13-14H2,1H3. The molecule has 2 aromatic carbocycles. The molecule has 0 radical (unpaired) electrons. The number of carbonyl (C=O) groups excluding carboxylic acids is 1. The Morgan fingerprint density at radius 1 is 1.07 bits per heavy atom. The van der Waals surface area contributed by atoms with Crippen LogP contribution in [0.15, 0.2) is 53.4 Å². The van der Waals surface area contributed by atoms with Gasteiger partial charge in [0.15, 0.2) is 17.3 Å². The second-order valence-electron chi connectivity index (χ2n) is 6.62. The Morgan fingerprint density at radius 3 is 2.36 bits per heavy atom. The molecule has 1 N–H and O–H groups in total. The normalized spacial score (nSPS) is 15.6. The van der Waals surface area contributed by atoms with Gasteiger partial charge in [-0.25, -0.2) is 8.42 Å². The molecule has 1 aliphatic heterocycles. The van der Waals surface area contributed by atoms with Crippen molar-refractivity contribution in [1.82, 2.24) is 4.31 Å². The highest BCUT2D eigenvalue weighted by Gasteiger charge is 2.25. The minimum Gasteiger partial charge on any atom is -0.504 e. The Bertz CT molecular complexity index is 974. The van der Waals surface area contributed by atoms with Gasteiger partial charge in [-0.1, -0.05) is 18.6 Å². The summed E-state index contributed by atoms with van der Waals surface area (Å²) in [7, 11) is -2.05. The number of sulfonamides is 1. The van der Waals surface area contributed by atoms with Crippen LogP contribution in [0.2, 0.25) is 0 Å². The largest absolute Gasteiger partial charge is 0.504 e. The predicted molar refractivity (Wildman–Crippen MR) is 107 cm³/mol. The van der Waals surface area contributed by atoms with Gasteiger partial charge in [0.05, 0.1) is 12.0 Å². The van der Waals surface area contributed by atoms with E-state index in [4.69, 9.17) is 4.74 Å². The molecular weight excluding hydrogens is 378 g/mol. The number of hydrogen-bond acceptors (Lipinski definition) is 5. The van der Waals surface area contributed by atoms with E-state index in [1.54, 1.807) is 18.2 Å². The molecule has 28 heavy (non-hydrogen) atoms. The average Bonchev–Trinajstić information content (AvgIpc) is 2.73. The summed E-state index contributed by atoms with van der Waals surface area (Å²) in [5.74, 6) is 0.0931. The topological polar surface area (TPSA) is 83.9 Å². The molecule has 6 nitrogen and oxygen atoms in total. The third-order valence-corrected chi connectivity index (χ3v) is 6.63. The van der Waals surface area contributed by atoms with Gasteiger partial charge in [0.1, 0.15) is 0 Å². The van der Waals surface area contributed by atoms with E-state index < -0.39 is 10.0 Å². The molecule has 148 valence electrons. The Labute approximate surface area is 165 Å². The SMILES string of the molecule is COc1ccc(C=CC(=O)c2ccc(S(=O)(=O)N3CCCCC3)cc2)cc1O. The smallest absolute Gasteiger partial charge is 0.243 e. The Morgan fingerprint density at radius 2 is 1.75 bits per heavy atom. The molecule has 1 heterocycles. The maximum Gasteiger partial charge on any atom is 0.243 e. The number of allylic oxidation sites excluding steroid dienone is 1. The van der Waals surface area contributed by atoms with Crippen LogP contribution in [0.3, 0.4) is 0 Å². The number of hydrogen-bond donors (Lipinski definition) is 1. The first-order valence-corrected chi connectivity index (χ1v) is 10.6. The lowest BCUT2D eigenvalue weighted by Crippen LogP contribution is -2.35. The van der Waals surface area contributed by atoms with Crippen molar-refractivity contribution in [3.8, 4) is 11.5 Å². The summed E-state index contributed by atoms with van der Waals surface area (Å²) in [5, 5.41) is 9.78. The molecule has 0 saturated carbocycles. The number of ether oxygens (including phenoxy) is 1. The molecular formula is C21H23NO5S. The van der Waals surface area contributed by atoms with Crippen molar-refractivity contribution in [2.24, 2.45) is 0 Å². The quantitative estimate of drug-likeness (QED) is 0.592. The summed E-state index contributed by atoms with van der Waals surface area (Å²) in [4.78, 5) is 12.6. The highest BCUT2D eigenvalue weighted by Crippen LogP contribution is 2.27. The van der Waals surface area contributed by atoms with E-state index in [-0.39, 0.29) is 16.4 Å². The number of aromatic hydroxyl groups is 1. The second-order valence-corrected chi connectivity index (χ2v) is 8.56. The lowest BCUT2D eigenvalue weighted by Gasteiger charge is -2.25. The van der Waals surface area contributed by atoms with Gasteiger partial charge in [0.2, 0.25) is 10.0 Å². The number of carbonyl (C=O) groups is 1. The van der Waals surface area contributed by atoms with Crippen LogP contribution in [0.1, 0.15) is 35.2 Å². The molecule has 1 fully saturated rings. The summed E-state index contributed by atoms with van der Waals surface area (Å²) in [5.41, 5.74) is 1.04. The molecule has 0 spiro atoms. The fraction of sp³-hybridized carbons (Fsp3) is 0.286. The van der Waals surface area contributed by atoms with Gasteiger partial charge < -0.3 is 9.84 Å². The molecule has 0 unspecified atom stereocenters. The number of nitrogens with zero attached hydrogens (tertiary/aromatic N) is 1. The number of rotatable bonds is 6. The average molecular weight is 401 g/mol. The zero-order valence-electron chi connectivity index (χ0n) is 15.7. The second kappa shape index (κ2) is 8.58. The zero-order chi connectivity index (χ0) is 20.1. The monoisotopic (exact) mass is 401 g/mol. The van der Waals surface area contributed by atoms with E-state index in [1.807, 2.05) is 0 Å². The zero-order valence-corrected chi connectivity index (χ0v) is 16.5. The summed E-state index contributed by atoms with van der Waals surface area (Å²) in [6.07, 6.45) is 5.77. The first-order valence-electron chi connectivity index (χ1n) is 9.11. The summed E-state index contributed by atoms with van der Waals surface area (Å²) in [6, 6.07) is 10.8. The van der Waals surface area contributed by atoms with Crippen LogP contribution in [-0.2, 0) is 10.0 Å². The summed E-state index contributed by atoms with van der Waals surface area (Å²) in [6.45, 7) is 1.08. The Balaban J connectivity index is 1.72. The molecule has 1 saturated heterocycles. The minimum absolute atomic E-state index is 0.00984. The van der Waals surface area contributed by atoms with Crippen LogP contribution in [0.4, 0.5) is 0 Å². The van der Waals surface area contributed by atoms with Gasteiger partial charge in [-0.2, -0.15) is 4.31 Å². The highest BCUT2D eigenvalue weighted by atomic mass is 32.2. The van der Waals surface area contributed by atoms with Gasteiger partial charge in [-0.15, -0.1) is 0 Å². The van der Waals surface area contributed by atoms with Crippen LogP contribution in [0.25, 0.3) is 6.08 Å². The van der Waals surface area contributed by atoms with Crippen molar-refractivity contribution >= 4 is 21.9 Å². The number of phenolic OH excluding ortho intramolecular Hbond substituents is 1. The van der Waals surface area contributed by atoms with Gasteiger partial charge in [-0.3, -0.25) is 4.79 Å². The summed E-state index contributed by atoms with van der Waals surface area (Å²) < 4.78 is 31.8. The maximum atomic E-state index is 12.7. The van der Waals surface area contributed by atoms with Gasteiger partial charge >= 0.3 is 0 Å². The number of piperidine rings is 1. The third-order valence-electron chi connectivity index (χ3n) is 4.72. The number of benzene rings is 2. The molecule has 0 amide bonds. The predicted octanol–water partition coefficient (Wildman–Crippen LogP) is 3.47. The van der Waals surface area contributed by atoms with Crippen molar-refractivity contribution < 1.29 is 23.1 Å². The van der Waals surface area contributed by atoms with E-state index in [0.717, 1.165) is 19.3 Å². The molecule has 3 rings (SSSR count). The fourth-order valence-electron chi connectivity index (χ4n) is 3.12. The van der Waals surface area contributed by atoms with Crippen LogP contribution >= 0.6 is 0 Å². The Hall–Kier alpha value is -2.64. The van der Waals surface area contributed by atoms with E-state index >= 15 is 0 Å². The van der Waals surface area contributed by atoms with E-state index in [1.165, 1.54) is 47.8 Å². The first-order chi connectivity index (χ1) is 13.4. The molecule has 0 aliphatic carbocycles. The lowest BCUT2D eigenvalue weighted by atomic mass is 10.1. The van der Waals surface area contributed by atoms with Crippen molar-refractivity contribution in [2.45, 2.75) is 24.2 Å². The number of ketones is 1.